The van der Waals surface area contributed by atoms with Gasteiger partial charge in [-0.1, -0.05) is 18.2 Å². The monoisotopic (exact) mass is 447 g/mol. The second kappa shape index (κ2) is 10.4. The predicted molar refractivity (Wildman–Crippen MR) is 119 cm³/mol. The summed E-state index contributed by atoms with van der Waals surface area (Å²) in [5, 5.41) is 2.79. The highest BCUT2D eigenvalue weighted by atomic mass is 19.1. The van der Waals surface area contributed by atoms with Crippen molar-refractivity contribution >= 4 is 17.5 Å². The van der Waals surface area contributed by atoms with Crippen LogP contribution in [0.5, 0.6) is 0 Å². The SMILES string of the molecule is O=C(CN(Cc1ccco1)C(=O)CCc1ncc(-c2ccc(F)cc2)o1)Nc1ccccc1. The summed E-state index contributed by atoms with van der Waals surface area (Å²) < 4.78 is 24.2. The Morgan fingerprint density at radius 3 is 2.52 bits per heavy atom. The molecule has 2 aromatic heterocycles. The summed E-state index contributed by atoms with van der Waals surface area (Å²) in [6, 6.07) is 18.4. The minimum atomic E-state index is -0.336. The van der Waals surface area contributed by atoms with E-state index in [0.29, 0.717) is 28.7 Å². The molecular weight excluding hydrogens is 425 g/mol. The molecule has 0 fully saturated rings. The predicted octanol–water partition coefficient (Wildman–Crippen LogP) is 4.67. The van der Waals surface area contributed by atoms with Crippen molar-refractivity contribution in [2.24, 2.45) is 0 Å². The first-order valence-electron chi connectivity index (χ1n) is 10.4. The first-order chi connectivity index (χ1) is 16.1. The molecule has 0 aliphatic rings. The van der Waals surface area contributed by atoms with Crippen molar-refractivity contribution in [1.82, 2.24) is 9.88 Å². The molecule has 168 valence electrons. The number of para-hydroxylation sites is 1. The summed E-state index contributed by atoms with van der Waals surface area (Å²) in [7, 11) is 0. The second-order valence-corrected chi connectivity index (χ2v) is 7.37. The standard InChI is InChI=1S/C25H22FN3O4/c26-19-10-8-18(9-11-19)22-15-27-24(33-22)12-13-25(31)29(16-21-7-4-14-32-21)17-23(30)28-20-5-2-1-3-6-20/h1-11,14-15H,12-13,16-17H2,(H,28,30). The van der Waals surface area contributed by atoms with Crippen molar-refractivity contribution in [3.8, 4) is 11.3 Å². The van der Waals surface area contributed by atoms with Crippen molar-refractivity contribution in [3.63, 3.8) is 0 Å². The molecule has 0 aliphatic carbocycles. The molecule has 33 heavy (non-hydrogen) atoms. The van der Waals surface area contributed by atoms with Gasteiger partial charge in [0.05, 0.1) is 19.0 Å². The lowest BCUT2D eigenvalue weighted by Gasteiger charge is -2.21. The summed E-state index contributed by atoms with van der Waals surface area (Å²) in [6.45, 7) is 0.0430. The number of halogens is 1. The number of oxazole rings is 1. The zero-order chi connectivity index (χ0) is 23.0. The lowest BCUT2D eigenvalue weighted by molar-refractivity contribution is -0.135. The van der Waals surface area contributed by atoms with E-state index in [4.69, 9.17) is 8.83 Å². The van der Waals surface area contributed by atoms with Gasteiger partial charge < -0.3 is 19.1 Å². The van der Waals surface area contributed by atoms with Crippen LogP contribution in [0.1, 0.15) is 18.1 Å². The number of nitrogens with zero attached hydrogens (tertiary/aromatic N) is 2. The summed E-state index contributed by atoms with van der Waals surface area (Å²) in [5.41, 5.74) is 1.35. The first kappa shape index (κ1) is 22.0. The average molecular weight is 447 g/mol. The number of aromatic nitrogens is 1. The Hall–Kier alpha value is -4.20. The van der Waals surface area contributed by atoms with Crippen LogP contribution in [-0.2, 0) is 22.6 Å². The fourth-order valence-electron chi connectivity index (χ4n) is 3.26. The fourth-order valence-corrected chi connectivity index (χ4v) is 3.26. The van der Waals surface area contributed by atoms with Gasteiger partial charge in [0.15, 0.2) is 11.7 Å². The molecule has 0 radical (unpaired) electrons. The summed E-state index contributed by atoms with van der Waals surface area (Å²) in [4.78, 5) is 31.1. The van der Waals surface area contributed by atoms with Crippen molar-refractivity contribution < 1.29 is 22.8 Å². The molecule has 8 heteroatoms. The number of hydrogen-bond donors (Lipinski definition) is 1. The van der Waals surface area contributed by atoms with E-state index >= 15 is 0 Å². The summed E-state index contributed by atoms with van der Waals surface area (Å²) >= 11 is 0. The van der Waals surface area contributed by atoms with E-state index in [0.717, 1.165) is 0 Å². The van der Waals surface area contributed by atoms with Crippen molar-refractivity contribution in [3.05, 3.63) is 96.7 Å². The Bertz CT molecular complexity index is 1190. The van der Waals surface area contributed by atoms with E-state index in [1.165, 1.54) is 23.3 Å². The van der Waals surface area contributed by atoms with E-state index in [-0.39, 0.29) is 43.6 Å². The third kappa shape index (κ3) is 6.16. The van der Waals surface area contributed by atoms with Gasteiger partial charge in [-0.15, -0.1) is 0 Å². The molecule has 0 bridgehead atoms. The van der Waals surface area contributed by atoms with Gasteiger partial charge in [0.1, 0.15) is 18.1 Å². The molecule has 0 saturated heterocycles. The molecule has 0 unspecified atom stereocenters. The third-order valence-corrected chi connectivity index (χ3v) is 4.91. The van der Waals surface area contributed by atoms with Crippen LogP contribution in [-0.4, -0.2) is 28.2 Å². The highest BCUT2D eigenvalue weighted by Crippen LogP contribution is 2.21. The molecule has 0 spiro atoms. The Morgan fingerprint density at radius 2 is 1.79 bits per heavy atom. The van der Waals surface area contributed by atoms with Crippen molar-refractivity contribution in [1.29, 1.82) is 0 Å². The van der Waals surface area contributed by atoms with Crippen LogP contribution in [0.15, 0.2) is 88.0 Å². The average Bonchev–Trinajstić information content (AvgIpc) is 3.50. The molecular formula is C25H22FN3O4. The fraction of sp³-hybridized carbons (Fsp3) is 0.160. The molecule has 0 aliphatic heterocycles. The molecule has 4 rings (SSSR count). The van der Waals surface area contributed by atoms with Crippen LogP contribution in [0.25, 0.3) is 11.3 Å². The van der Waals surface area contributed by atoms with Crippen LogP contribution in [0.2, 0.25) is 0 Å². The van der Waals surface area contributed by atoms with Crippen LogP contribution < -0.4 is 5.32 Å². The van der Waals surface area contributed by atoms with E-state index in [1.54, 1.807) is 42.6 Å². The van der Waals surface area contributed by atoms with E-state index < -0.39 is 0 Å². The number of carbonyl (C=O) groups excluding carboxylic acids is 2. The zero-order valence-electron chi connectivity index (χ0n) is 17.7. The number of rotatable bonds is 9. The minimum Gasteiger partial charge on any atom is -0.467 e. The van der Waals surface area contributed by atoms with E-state index in [2.05, 4.69) is 10.3 Å². The van der Waals surface area contributed by atoms with Gasteiger partial charge in [-0.3, -0.25) is 9.59 Å². The van der Waals surface area contributed by atoms with Gasteiger partial charge in [-0.05, 0) is 48.5 Å². The van der Waals surface area contributed by atoms with Crippen LogP contribution in [0.3, 0.4) is 0 Å². The Balaban J connectivity index is 1.38. The van der Waals surface area contributed by atoms with Crippen molar-refractivity contribution in [2.45, 2.75) is 19.4 Å². The Labute approximate surface area is 189 Å². The maximum atomic E-state index is 13.1. The van der Waals surface area contributed by atoms with Crippen LogP contribution in [0.4, 0.5) is 10.1 Å². The molecule has 4 aromatic rings. The highest BCUT2D eigenvalue weighted by molar-refractivity contribution is 5.94. The lowest BCUT2D eigenvalue weighted by atomic mass is 10.2. The van der Waals surface area contributed by atoms with Gasteiger partial charge in [0.25, 0.3) is 0 Å². The van der Waals surface area contributed by atoms with Crippen molar-refractivity contribution in [2.75, 3.05) is 11.9 Å². The minimum absolute atomic E-state index is 0.0999. The highest BCUT2D eigenvalue weighted by Gasteiger charge is 2.20. The molecule has 1 N–H and O–H groups in total. The molecule has 7 nitrogen and oxygen atoms in total. The van der Waals surface area contributed by atoms with E-state index in [1.807, 2.05) is 18.2 Å². The molecule has 0 saturated carbocycles. The smallest absolute Gasteiger partial charge is 0.244 e. The quantitative estimate of drug-likeness (QED) is 0.403. The maximum absolute atomic E-state index is 13.1. The number of aryl methyl sites for hydroxylation is 1. The molecule has 2 heterocycles. The summed E-state index contributed by atoms with van der Waals surface area (Å²) in [6.07, 6.45) is 3.42. The summed E-state index contributed by atoms with van der Waals surface area (Å²) in [5.74, 6) is 0.566. The van der Waals surface area contributed by atoms with Gasteiger partial charge >= 0.3 is 0 Å². The number of carbonyl (C=O) groups is 2. The molecule has 0 atom stereocenters. The third-order valence-electron chi connectivity index (χ3n) is 4.91. The zero-order valence-corrected chi connectivity index (χ0v) is 17.7. The normalized spacial score (nSPS) is 10.7. The number of amides is 2. The second-order valence-electron chi connectivity index (χ2n) is 7.37. The topological polar surface area (TPSA) is 88.6 Å². The molecule has 2 aromatic carbocycles. The number of nitrogens with one attached hydrogen (secondary N) is 1. The van der Waals surface area contributed by atoms with E-state index in [9.17, 15) is 14.0 Å². The first-order valence-corrected chi connectivity index (χ1v) is 10.4. The van der Waals surface area contributed by atoms with Crippen LogP contribution >= 0.6 is 0 Å². The Kier molecular flexibility index (Phi) is 6.94. The largest absolute Gasteiger partial charge is 0.467 e. The number of benzene rings is 2. The number of hydrogen-bond acceptors (Lipinski definition) is 5. The maximum Gasteiger partial charge on any atom is 0.244 e. The van der Waals surface area contributed by atoms with Gasteiger partial charge in [-0.2, -0.15) is 0 Å². The Morgan fingerprint density at radius 1 is 1.00 bits per heavy atom. The van der Waals surface area contributed by atoms with Gasteiger partial charge in [-0.25, -0.2) is 9.37 Å². The van der Waals surface area contributed by atoms with Gasteiger partial charge in [0.2, 0.25) is 11.8 Å². The lowest BCUT2D eigenvalue weighted by Crippen LogP contribution is -2.37. The van der Waals surface area contributed by atoms with Crippen LogP contribution in [0, 0.1) is 5.82 Å². The number of furan rings is 1. The number of anilines is 1. The van der Waals surface area contributed by atoms with Gasteiger partial charge in [0, 0.05) is 24.1 Å². The molecule has 2 amide bonds.